The van der Waals surface area contributed by atoms with Crippen molar-refractivity contribution in [3.63, 3.8) is 0 Å². The lowest BCUT2D eigenvalue weighted by Crippen LogP contribution is -2.16. The molecule has 4 aromatic rings. The Morgan fingerprint density at radius 2 is 1.68 bits per heavy atom. The summed E-state index contributed by atoms with van der Waals surface area (Å²) in [4.78, 5) is 9.16. The Balaban J connectivity index is 1.57. The molecule has 0 atom stereocenters. The van der Waals surface area contributed by atoms with Gasteiger partial charge in [-0.2, -0.15) is 5.26 Å². The van der Waals surface area contributed by atoms with Crippen molar-refractivity contribution in [3.05, 3.63) is 66.2 Å². The van der Waals surface area contributed by atoms with Crippen LogP contribution in [0.5, 0.6) is 11.5 Å². The van der Waals surface area contributed by atoms with E-state index in [1.807, 2.05) is 36.6 Å². The highest BCUT2D eigenvalue weighted by molar-refractivity contribution is 7.98. The molecular weight excluding hydrogens is 446 g/mol. The molecule has 0 unspecified atom stereocenters. The summed E-state index contributed by atoms with van der Waals surface area (Å²) >= 11 is 1.42. The van der Waals surface area contributed by atoms with Gasteiger partial charge in [0, 0.05) is 29.7 Å². The van der Waals surface area contributed by atoms with E-state index in [9.17, 15) is 5.26 Å². The third kappa shape index (κ3) is 4.85. The third-order valence-electron chi connectivity index (χ3n) is 5.36. The summed E-state index contributed by atoms with van der Waals surface area (Å²) in [7, 11) is 3.17. The molecule has 8 heteroatoms. The van der Waals surface area contributed by atoms with Crippen LogP contribution >= 0.6 is 11.8 Å². The number of ether oxygens (including phenoxy) is 2. The number of nitrogens with zero attached hydrogens (tertiary/aromatic N) is 3. The van der Waals surface area contributed by atoms with Crippen molar-refractivity contribution in [3.8, 4) is 28.8 Å². The van der Waals surface area contributed by atoms with E-state index >= 15 is 0 Å². The van der Waals surface area contributed by atoms with Gasteiger partial charge in [-0.1, -0.05) is 48.2 Å². The van der Waals surface area contributed by atoms with Gasteiger partial charge in [-0.3, -0.25) is 0 Å². The molecule has 0 spiro atoms. The van der Waals surface area contributed by atoms with Crippen LogP contribution in [0.2, 0.25) is 0 Å². The highest BCUT2D eigenvalue weighted by Crippen LogP contribution is 2.35. The van der Waals surface area contributed by atoms with Crippen LogP contribution in [0.3, 0.4) is 0 Å². The standard InChI is InChI=1S/C26H25N5O2S/c1-32-22-12-11-18(15-23(22)33-2)24-20(16-27)25(31-26(30-24)34-3)29-14-13-28-21-10-6-8-17-7-4-5-9-19(17)21/h4-12,15,28H,13-14H2,1-3H3,(H,29,30,31). The number of hydrogen-bond donors (Lipinski definition) is 2. The van der Waals surface area contributed by atoms with Gasteiger partial charge in [0.2, 0.25) is 0 Å². The number of methoxy groups -OCH3 is 2. The Hall–Kier alpha value is -3.96. The van der Waals surface area contributed by atoms with Crippen LogP contribution in [0.15, 0.2) is 65.8 Å². The topological polar surface area (TPSA) is 92.1 Å². The predicted octanol–water partition coefficient (Wildman–Crippen LogP) is 5.43. The Labute approximate surface area is 203 Å². The molecule has 0 aliphatic rings. The fourth-order valence-electron chi connectivity index (χ4n) is 3.72. The van der Waals surface area contributed by atoms with Crippen molar-refractivity contribution < 1.29 is 9.47 Å². The first-order chi connectivity index (χ1) is 16.7. The second-order valence-electron chi connectivity index (χ2n) is 7.34. The Morgan fingerprint density at radius 3 is 2.44 bits per heavy atom. The van der Waals surface area contributed by atoms with Crippen molar-refractivity contribution in [2.45, 2.75) is 5.16 Å². The van der Waals surface area contributed by atoms with Crippen molar-refractivity contribution in [2.75, 3.05) is 44.2 Å². The van der Waals surface area contributed by atoms with Gasteiger partial charge in [-0.25, -0.2) is 9.97 Å². The first-order valence-electron chi connectivity index (χ1n) is 10.7. The molecule has 34 heavy (non-hydrogen) atoms. The van der Waals surface area contributed by atoms with Gasteiger partial charge in [0.25, 0.3) is 0 Å². The van der Waals surface area contributed by atoms with Gasteiger partial charge in [-0.15, -0.1) is 0 Å². The first-order valence-corrected chi connectivity index (χ1v) is 11.9. The van der Waals surface area contributed by atoms with E-state index in [1.54, 1.807) is 20.3 Å². The average molecular weight is 472 g/mol. The smallest absolute Gasteiger partial charge is 0.189 e. The minimum absolute atomic E-state index is 0.384. The van der Waals surface area contributed by atoms with Gasteiger partial charge < -0.3 is 20.1 Å². The molecule has 0 radical (unpaired) electrons. The maximum absolute atomic E-state index is 9.96. The Kier molecular flexibility index (Phi) is 7.35. The maximum atomic E-state index is 9.96. The zero-order chi connectivity index (χ0) is 23.9. The lowest BCUT2D eigenvalue weighted by Gasteiger charge is -2.15. The van der Waals surface area contributed by atoms with E-state index in [0.717, 1.165) is 11.3 Å². The minimum Gasteiger partial charge on any atom is -0.493 e. The van der Waals surface area contributed by atoms with Gasteiger partial charge in [0.1, 0.15) is 17.5 Å². The fraction of sp³-hybridized carbons (Fsp3) is 0.192. The number of nitrogens with one attached hydrogen (secondary N) is 2. The number of aromatic nitrogens is 2. The van der Waals surface area contributed by atoms with Gasteiger partial charge in [-0.05, 0) is 35.9 Å². The molecule has 0 saturated heterocycles. The molecule has 1 heterocycles. The molecule has 0 aliphatic carbocycles. The number of thioether (sulfide) groups is 1. The van der Waals surface area contributed by atoms with Gasteiger partial charge >= 0.3 is 0 Å². The zero-order valence-corrected chi connectivity index (χ0v) is 20.1. The lowest BCUT2D eigenvalue weighted by molar-refractivity contribution is 0.355. The summed E-state index contributed by atoms with van der Waals surface area (Å²) in [6.07, 6.45) is 1.91. The molecule has 0 aliphatic heterocycles. The van der Waals surface area contributed by atoms with Crippen LogP contribution < -0.4 is 20.1 Å². The van der Waals surface area contributed by atoms with Crippen LogP contribution in [-0.4, -0.2) is 43.5 Å². The number of rotatable bonds is 9. The molecule has 172 valence electrons. The summed E-state index contributed by atoms with van der Waals surface area (Å²) in [5.74, 6) is 1.69. The SMILES string of the molecule is COc1ccc(-c2nc(SC)nc(NCCNc3cccc4ccccc34)c2C#N)cc1OC. The number of benzene rings is 3. The van der Waals surface area contributed by atoms with E-state index in [-0.39, 0.29) is 0 Å². The first kappa shape index (κ1) is 23.2. The monoisotopic (exact) mass is 471 g/mol. The Bertz CT molecular complexity index is 1350. The number of anilines is 2. The van der Waals surface area contributed by atoms with Crippen molar-refractivity contribution in [2.24, 2.45) is 0 Å². The number of nitriles is 1. The highest BCUT2D eigenvalue weighted by Gasteiger charge is 2.17. The van der Waals surface area contributed by atoms with E-state index < -0.39 is 0 Å². The van der Waals surface area contributed by atoms with Gasteiger partial charge in [0.15, 0.2) is 16.7 Å². The summed E-state index contributed by atoms with van der Waals surface area (Å²) in [6, 6.07) is 22.2. The van der Waals surface area contributed by atoms with E-state index in [1.165, 1.54) is 22.5 Å². The van der Waals surface area contributed by atoms with Crippen LogP contribution in [0, 0.1) is 11.3 Å². The lowest BCUT2D eigenvalue weighted by atomic mass is 10.1. The second kappa shape index (κ2) is 10.8. The van der Waals surface area contributed by atoms with E-state index in [0.29, 0.717) is 46.8 Å². The number of fused-ring (bicyclic) bond motifs is 1. The molecule has 0 amide bonds. The minimum atomic E-state index is 0.384. The largest absolute Gasteiger partial charge is 0.493 e. The molecule has 0 saturated carbocycles. The molecule has 4 rings (SSSR count). The molecule has 3 aromatic carbocycles. The molecular formula is C26H25N5O2S. The van der Waals surface area contributed by atoms with Crippen molar-refractivity contribution in [1.29, 1.82) is 5.26 Å². The fourth-order valence-corrected chi connectivity index (χ4v) is 4.08. The van der Waals surface area contributed by atoms with Crippen LogP contribution in [-0.2, 0) is 0 Å². The third-order valence-corrected chi connectivity index (χ3v) is 5.91. The average Bonchev–Trinajstić information content (AvgIpc) is 2.90. The van der Waals surface area contributed by atoms with E-state index in [4.69, 9.17) is 9.47 Å². The van der Waals surface area contributed by atoms with Crippen LogP contribution in [0.1, 0.15) is 5.56 Å². The molecule has 2 N–H and O–H groups in total. The van der Waals surface area contributed by atoms with Crippen LogP contribution in [0.25, 0.3) is 22.0 Å². The molecule has 7 nitrogen and oxygen atoms in total. The summed E-state index contributed by atoms with van der Waals surface area (Å²) in [6.45, 7) is 1.23. The summed E-state index contributed by atoms with van der Waals surface area (Å²) in [5.41, 5.74) is 2.75. The Morgan fingerprint density at radius 1 is 0.912 bits per heavy atom. The maximum Gasteiger partial charge on any atom is 0.189 e. The van der Waals surface area contributed by atoms with Crippen molar-refractivity contribution >= 4 is 34.0 Å². The highest BCUT2D eigenvalue weighted by atomic mass is 32.2. The molecule has 0 fully saturated rings. The van der Waals surface area contributed by atoms with E-state index in [2.05, 4.69) is 50.9 Å². The quantitative estimate of drug-likeness (QED) is 0.190. The van der Waals surface area contributed by atoms with Crippen LogP contribution in [0.4, 0.5) is 11.5 Å². The molecule has 1 aromatic heterocycles. The second-order valence-corrected chi connectivity index (χ2v) is 8.12. The number of hydrogen-bond acceptors (Lipinski definition) is 8. The summed E-state index contributed by atoms with van der Waals surface area (Å²) < 4.78 is 10.8. The predicted molar refractivity (Wildman–Crippen MR) is 138 cm³/mol. The summed E-state index contributed by atoms with van der Waals surface area (Å²) in [5, 5.41) is 19.7. The zero-order valence-electron chi connectivity index (χ0n) is 19.3. The normalized spacial score (nSPS) is 10.5. The molecule has 0 bridgehead atoms. The van der Waals surface area contributed by atoms with Crippen molar-refractivity contribution in [1.82, 2.24) is 9.97 Å². The van der Waals surface area contributed by atoms with Gasteiger partial charge in [0.05, 0.1) is 19.9 Å².